The molecule has 0 saturated heterocycles. The highest BCUT2D eigenvalue weighted by molar-refractivity contribution is 5.88. The molecular formula is C23H22O4. The van der Waals surface area contributed by atoms with Crippen LogP contribution in [0, 0.1) is 12.8 Å². The van der Waals surface area contributed by atoms with E-state index in [1.807, 2.05) is 43.3 Å². The summed E-state index contributed by atoms with van der Waals surface area (Å²) >= 11 is 0. The van der Waals surface area contributed by atoms with Gasteiger partial charge in [0.2, 0.25) is 0 Å². The Morgan fingerprint density at radius 2 is 1.78 bits per heavy atom. The normalized spacial score (nSPS) is 15.0. The van der Waals surface area contributed by atoms with Crippen molar-refractivity contribution in [2.75, 3.05) is 0 Å². The summed E-state index contributed by atoms with van der Waals surface area (Å²) in [5, 5.41) is 0.839. The van der Waals surface area contributed by atoms with Crippen LogP contribution in [0.5, 0.6) is 5.75 Å². The van der Waals surface area contributed by atoms with E-state index in [9.17, 15) is 9.59 Å². The smallest absolute Gasteiger partial charge is 0.344 e. The van der Waals surface area contributed by atoms with Gasteiger partial charge in [-0.2, -0.15) is 0 Å². The van der Waals surface area contributed by atoms with E-state index in [1.165, 1.54) is 6.42 Å². The van der Waals surface area contributed by atoms with E-state index in [4.69, 9.17) is 9.15 Å². The highest BCUT2D eigenvalue weighted by atomic mass is 16.5. The van der Waals surface area contributed by atoms with E-state index in [0.29, 0.717) is 16.9 Å². The number of carbonyl (C=O) groups excluding carboxylic acids is 1. The fourth-order valence-electron chi connectivity index (χ4n) is 3.88. The highest BCUT2D eigenvalue weighted by Crippen LogP contribution is 2.30. The molecule has 1 saturated carbocycles. The lowest BCUT2D eigenvalue weighted by Crippen LogP contribution is -2.22. The van der Waals surface area contributed by atoms with Crippen LogP contribution in [0.25, 0.3) is 22.1 Å². The topological polar surface area (TPSA) is 56.5 Å². The van der Waals surface area contributed by atoms with Crippen molar-refractivity contribution in [1.82, 2.24) is 0 Å². The molecule has 0 unspecified atom stereocenters. The van der Waals surface area contributed by atoms with E-state index in [-0.39, 0.29) is 17.5 Å². The lowest BCUT2D eigenvalue weighted by atomic mass is 9.89. The van der Waals surface area contributed by atoms with Gasteiger partial charge in [0.15, 0.2) is 0 Å². The molecule has 0 spiro atoms. The number of aryl methyl sites for hydroxylation is 1. The van der Waals surface area contributed by atoms with Gasteiger partial charge in [-0.15, -0.1) is 0 Å². The highest BCUT2D eigenvalue weighted by Gasteiger charge is 2.23. The second-order valence-electron chi connectivity index (χ2n) is 7.17. The fourth-order valence-corrected chi connectivity index (χ4v) is 3.88. The van der Waals surface area contributed by atoms with E-state index < -0.39 is 0 Å². The maximum atomic E-state index is 12.6. The van der Waals surface area contributed by atoms with Crippen LogP contribution in [0.3, 0.4) is 0 Å². The third kappa shape index (κ3) is 3.52. The second kappa shape index (κ2) is 7.39. The first kappa shape index (κ1) is 17.5. The van der Waals surface area contributed by atoms with Gasteiger partial charge in [-0.25, -0.2) is 4.79 Å². The number of hydrogen-bond acceptors (Lipinski definition) is 4. The molecule has 3 aromatic rings. The molecule has 2 aromatic carbocycles. The first-order valence-corrected chi connectivity index (χ1v) is 9.48. The molecule has 4 heteroatoms. The zero-order valence-electron chi connectivity index (χ0n) is 15.4. The minimum absolute atomic E-state index is 0.0244. The summed E-state index contributed by atoms with van der Waals surface area (Å²) in [6.07, 6.45) is 5.12. The van der Waals surface area contributed by atoms with Crippen LogP contribution in [0.4, 0.5) is 0 Å². The van der Waals surface area contributed by atoms with Gasteiger partial charge >= 0.3 is 11.6 Å². The third-order valence-electron chi connectivity index (χ3n) is 5.36. The van der Waals surface area contributed by atoms with Gasteiger partial charge in [0.05, 0.1) is 11.5 Å². The standard InChI is InChI=1S/C23H22O4/c1-15-19-13-12-18(26-22(24)17-10-6-3-7-11-17)14-20(19)27-23(25)21(15)16-8-4-2-5-9-16/h2,4-5,8-9,12-14,17H,3,6-7,10-11H2,1H3. The molecular weight excluding hydrogens is 340 g/mol. The van der Waals surface area contributed by atoms with Crippen molar-refractivity contribution in [1.29, 1.82) is 0 Å². The van der Waals surface area contributed by atoms with Crippen molar-refractivity contribution in [3.63, 3.8) is 0 Å². The SMILES string of the molecule is Cc1c(-c2ccccc2)c(=O)oc2cc(OC(=O)C3CCCCC3)ccc12. The Labute approximate surface area is 157 Å². The molecule has 0 amide bonds. The number of ether oxygens (including phenoxy) is 1. The molecule has 4 rings (SSSR count). The van der Waals surface area contributed by atoms with Crippen molar-refractivity contribution in [3.05, 3.63) is 64.5 Å². The molecule has 0 N–H and O–H groups in total. The molecule has 1 heterocycles. The predicted octanol–water partition coefficient (Wildman–Crippen LogP) is 5.25. The Balaban J connectivity index is 1.67. The predicted molar refractivity (Wildman–Crippen MR) is 105 cm³/mol. The average molecular weight is 362 g/mol. The van der Waals surface area contributed by atoms with Crippen LogP contribution in [-0.4, -0.2) is 5.97 Å². The van der Waals surface area contributed by atoms with Crippen LogP contribution in [0.15, 0.2) is 57.7 Å². The van der Waals surface area contributed by atoms with Crippen molar-refractivity contribution in [2.45, 2.75) is 39.0 Å². The third-order valence-corrected chi connectivity index (χ3v) is 5.36. The summed E-state index contributed by atoms with van der Waals surface area (Å²) in [7, 11) is 0. The largest absolute Gasteiger partial charge is 0.426 e. The fraction of sp³-hybridized carbons (Fsp3) is 0.304. The molecule has 0 radical (unpaired) electrons. The Hall–Kier alpha value is -2.88. The number of fused-ring (bicyclic) bond motifs is 1. The first-order chi connectivity index (χ1) is 13.1. The van der Waals surface area contributed by atoms with Crippen molar-refractivity contribution in [2.24, 2.45) is 5.92 Å². The number of esters is 1. The molecule has 1 aliphatic rings. The molecule has 0 bridgehead atoms. The summed E-state index contributed by atoms with van der Waals surface area (Å²) in [5.41, 5.74) is 2.30. The lowest BCUT2D eigenvalue weighted by molar-refractivity contribution is -0.139. The summed E-state index contributed by atoms with van der Waals surface area (Å²) in [4.78, 5) is 24.9. The Morgan fingerprint density at radius 1 is 1.04 bits per heavy atom. The summed E-state index contributed by atoms with van der Waals surface area (Å²) < 4.78 is 11.1. The minimum Gasteiger partial charge on any atom is -0.426 e. The zero-order chi connectivity index (χ0) is 18.8. The number of carbonyl (C=O) groups is 1. The molecule has 1 aromatic heterocycles. The van der Waals surface area contributed by atoms with E-state index in [2.05, 4.69) is 0 Å². The average Bonchev–Trinajstić information content (AvgIpc) is 2.69. The van der Waals surface area contributed by atoms with Gasteiger partial charge in [-0.1, -0.05) is 49.6 Å². The molecule has 0 aliphatic heterocycles. The van der Waals surface area contributed by atoms with Crippen molar-refractivity contribution >= 4 is 16.9 Å². The van der Waals surface area contributed by atoms with Gasteiger partial charge in [0.25, 0.3) is 0 Å². The Morgan fingerprint density at radius 3 is 2.52 bits per heavy atom. The monoisotopic (exact) mass is 362 g/mol. The Kier molecular flexibility index (Phi) is 4.80. The second-order valence-corrected chi connectivity index (χ2v) is 7.17. The molecule has 1 aliphatic carbocycles. The Bertz CT molecular complexity index is 1030. The van der Waals surface area contributed by atoms with Crippen molar-refractivity contribution < 1.29 is 13.9 Å². The van der Waals surface area contributed by atoms with Gasteiger partial charge in [0, 0.05) is 11.5 Å². The minimum atomic E-state index is -0.387. The van der Waals surface area contributed by atoms with Gasteiger partial charge in [-0.05, 0) is 43.0 Å². The van der Waals surface area contributed by atoms with Crippen LogP contribution < -0.4 is 10.4 Å². The van der Waals surface area contributed by atoms with Gasteiger partial charge in [0.1, 0.15) is 11.3 Å². The van der Waals surface area contributed by atoms with Crippen LogP contribution in [0.2, 0.25) is 0 Å². The maximum Gasteiger partial charge on any atom is 0.344 e. The lowest BCUT2D eigenvalue weighted by Gasteiger charge is -2.19. The van der Waals surface area contributed by atoms with Crippen LogP contribution in [0.1, 0.15) is 37.7 Å². The molecule has 1 fully saturated rings. The zero-order valence-corrected chi connectivity index (χ0v) is 15.4. The number of hydrogen-bond donors (Lipinski definition) is 0. The first-order valence-electron chi connectivity index (χ1n) is 9.48. The summed E-state index contributed by atoms with van der Waals surface area (Å²) in [6, 6.07) is 14.7. The van der Waals surface area contributed by atoms with Crippen LogP contribution in [-0.2, 0) is 4.79 Å². The molecule has 27 heavy (non-hydrogen) atoms. The maximum absolute atomic E-state index is 12.6. The number of benzene rings is 2. The van der Waals surface area contributed by atoms with Crippen molar-refractivity contribution in [3.8, 4) is 16.9 Å². The van der Waals surface area contributed by atoms with E-state index >= 15 is 0 Å². The molecule has 0 atom stereocenters. The summed E-state index contributed by atoms with van der Waals surface area (Å²) in [5.74, 6) is 0.214. The van der Waals surface area contributed by atoms with E-state index in [0.717, 1.165) is 42.2 Å². The summed E-state index contributed by atoms with van der Waals surface area (Å²) in [6.45, 7) is 1.91. The molecule has 4 nitrogen and oxygen atoms in total. The quantitative estimate of drug-likeness (QED) is 0.362. The number of rotatable bonds is 3. The van der Waals surface area contributed by atoms with E-state index in [1.54, 1.807) is 12.1 Å². The van der Waals surface area contributed by atoms with Gasteiger partial charge < -0.3 is 9.15 Å². The molecule has 138 valence electrons. The van der Waals surface area contributed by atoms with Gasteiger partial charge in [-0.3, -0.25) is 4.79 Å². The van der Waals surface area contributed by atoms with Crippen LogP contribution >= 0.6 is 0 Å².